The number of aromatic nitrogens is 5. The van der Waals surface area contributed by atoms with E-state index in [1.807, 2.05) is 36.4 Å². The van der Waals surface area contributed by atoms with Gasteiger partial charge in [0.25, 0.3) is 5.56 Å². The number of hydrogen-bond donors (Lipinski definition) is 1. The van der Waals surface area contributed by atoms with Gasteiger partial charge in [-0.15, -0.1) is 0 Å². The number of nitriles is 1. The molecule has 4 heterocycles. The van der Waals surface area contributed by atoms with Crippen LogP contribution in [0.5, 0.6) is 0 Å². The first-order chi connectivity index (χ1) is 15.7. The van der Waals surface area contributed by atoms with Crippen LogP contribution < -0.4 is 5.56 Å². The maximum Gasteiger partial charge on any atom is 0.255 e. The van der Waals surface area contributed by atoms with Crippen LogP contribution in [0.1, 0.15) is 22.5 Å². The molecular weight excluding hydrogens is 402 g/mol. The van der Waals surface area contributed by atoms with E-state index >= 15 is 0 Å². The fourth-order valence-electron chi connectivity index (χ4n) is 3.88. The largest absolute Gasteiger partial charge is 0.306 e. The third kappa shape index (κ3) is 4.02. The first-order valence-electron chi connectivity index (χ1n) is 10.3. The average Bonchev–Trinajstić information content (AvgIpc) is 2.85. The van der Waals surface area contributed by atoms with Crippen molar-refractivity contribution >= 4 is 0 Å². The number of H-pyrrole nitrogens is 1. The lowest BCUT2D eigenvalue weighted by molar-refractivity contribution is 0.239. The van der Waals surface area contributed by atoms with Crippen molar-refractivity contribution in [3.8, 4) is 28.7 Å². The van der Waals surface area contributed by atoms with Crippen LogP contribution in [0.3, 0.4) is 0 Å². The summed E-state index contributed by atoms with van der Waals surface area (Å²) >= 11 is 0. The highest BCUT2D eigenvalue weighted by Crippen LogP contribution is 2.21. The first kappa shape index (κ1) is 19.7. The molecule has 156 valence electrons. The SMILES string of the molecule is N#Cc1cccc(-c2cccc(CN3CCc4nc(-c5cncnc5)[nH]c(=O)c4C3)n2)c1. The predicted molar refractivity (Wildman–Crippen MR) is 118 cm³/mol. The second-order valence-electron chi connectivity index (χ2n) is 7.63. The Bertz CT molecular complexity index is 1380. The van der Waals surface area contributed by atoms with E-state index in [4.69, 9.17) is 10.2 Å². The molecule has 0 atom stereocenters. The topological polar surface area (TPSA) is 111 Å². The van der Waals surface area contributed by atoms with Gasteiger partial charge in [0.15, 0.2) is 0 Å². The minimum absolute atomic E-state index is 0.131. The minimum atomic E-state index is -0.131. The molecule has 0 amide bonds. The minimum Gasteiger partial charge on any atom is -0.306 e. The molecule has 1 N–H and O–H groups in total. The number of nitrogens with one attached hydrogen (secondary N) is 1. The molecule has 8 nitrogen and oxygen atoms in total. The Morgan fingerprint density at radius 3 is 2.75 bits per heavy atom. The van der Waals surface area contributed by atoms with Gasteiger partial charge < -0.3 is 4.98 Å². The van der Waals surface area contributed by atoms with Crippen LogP contribution in [0.4, 0.5) is 0 Å². The van der Waals surface area contributed by atoms with E-state index in [9.17, 15) is 4.79 Å². The highest BCUT2D eigenvalue weighted by Gasteiger charge is 2.22. The number of aromatic amines is 1. The summed E-state index contributed by atoms with van der Waals surface area (Å²) in [7, 11) is 0. The summed E-state index contributed by atoms with van der Waals surface area (Å²) in [6.07, 6.45) is 5.40. The van der Waals surface area contributed by atoms with Gasteiger partial charge in [-0.25, -0.2) is 15.0 Å². The van der Waals surface area contributed by atoms with Gasteiger partial charge in [0.05, 0.1) is 39.8 Å². The molecule has 0 fully saturated rings. The third-order valence-corrected chi connectivity index (χ3v) is 5.46. The molecule has 4 aromatic rings. The highest BCUT2D eigenvalue weighted by atomic mass is 16.1. The van der Waals surface area contributed by atoms with E-state index in [1.54, 1.807) is 18.5 Å². The summed E-state index contributed by atoms with van der Waals surface area (Å²) in [4.78, 5) is 35.2. The van der Waals surface area contributed by atoms with Gasteiger partial charge in [-0.3, -0.25) is 14.7 Å². The Morgan fingerprint density at radius 1 is 1.06 bits per heavy atom. The molecular formula is C24H19N7O. The Hall–Kier alpha value is -4.22. The summed E-state index contributed by atoms with van der Waals surface area (Å²) in [5.74, 6) is 0.497. The summed E-state index contributed by atoms with van der Waals surface area (Å²) in [6.45, 7) is 1.92. The Balaban J connectivity index is 1.36. The fourth-order valence-corrected chi connectivity index (χ4v) is 3.88. The highest BCUT2D eigenvalue weighted by molar-refractivity contribution is 5.61. The zero-order chi connectivity index (χ0) is 21.9. The lowest BCUT2D eigenvalue weighted by Crippen LogP contribution is -2.35. The van der Waals surface area contributed by atoms with E-state index in [2.05, 4.69) is 30.9 Å². The zero-order valence-electron chi connectivity index (χ0n) is 17.2. The number of hydrogen-bond acceptors (Lipinski definition) is 7. The normalized spacial score (nSPS) is 13.3. The Morgan fingerprint density at radius 2 is 1.91 bits per heavy atom. The number of pyridine rings is 1. The molecule has 0 aliphatic carbocycles. The number of benzene rings is 1. The summed E-state index contributed by atoms with van der Waals surface area (Å²) in [5, 5.41) is 9.15. The summed E-state index contributed by atoms with van der Waals surface area (Å²) in [5.41, 5.74) is 5.32. The van der Waals surface area contributed by atoms with Gasteiger partial charge >= 0.3 is 0 Å². The second kappa shape index (κ2) is 8.49. The van der Waals surface area contributed by atoms with E-state index in [0.29, 0.717) is 42.0 Å². The molecule has 1 aliphatic rings. The Kier molecular flexibility index (Phi) is 5.24. The number of nitrogens with zero attached hydrogens (tertiary/aromatic N) is 6. The van der Waals surface area contributed by atoms with Crippen LogP contribution in [-0.4, -0.2) is 36.4 Å². The van der Waals surface area contributed by atoms with Crippen molar-refractivity contribution in [2.45, 2.75) is 19.5 Å². The van der Waals surface area contributed by atoms with Gasteiger partial charge in [-0.1, -0.05) is 18.2 Å². The van der Waals surface area contributed by atoms with Crippen LogP contribution in [0.25, 0.3) is 22.6 Å². The molecule has 3 aromatic heterocycles. The van der Waals surface area contributed by atoms with Crippen molar-refractivity contribution in [3.05, 3.63) is 94.1 Å². The number of fused-ring (bicyclic) bond motifs is 1. The van der Waals surface area contributed by atoms with Gasteiger partial charge in [0, 0.05) is 44.0 Å². The van der Waals surface area contributed by atoms with Crippen molar-refractivity contribution in [2.75, 3.05) is 6.54 Å². The molecule has 0 spiro atoms. The van der Waals surface area contributed by atoms with Crippen LogP contribution in [0.2, 0.25) is 0 Å². The van der Waals surface area contributed by atoms with Crippen LogP contribution >= 0.6 is 0 Å². The molecule has 0 bridgehead atoms. The molecule has 1 aliphatic heterocycles. The van der Waals surface area contributed by atoms with E-state index in [1.165, 1.54) is 6.33 Å². The molecule has 1 aromatic carbocycles. The molecule has 0 unspecified atom stereocenters. The Labute approximate surface area is 184 Å². The van der Waals surface area contributed by atoms with Crippen molar-refractivity contribution in [2.24, 2.45) is 0 Å². The summed E-state index contributed by atoms with van der Waals surface area (Å²) in [6, 6.07) is 15.5. The predicted octanol–water partition coefficient (Wildman–Crippen LogP) is 2.72. The average molecular weight is 421 g/mol. The second-order valence-corrected chi connectivity index (χ2v) is 7.63. The molecule has 8 heteroatoms. The van der Waals surface area contributed by atoms with Crippen molar-refractivity contribution in [1.82, 2.24) is 29.8 Å². The zero-order valence-corrected chi connectivity index (χ0v) is 17.2. The first-order valence-corrected chi connectivity index (χ1v) is 10.3. The fraction of sp³-hybridized carbons (Fsp3) is 0.167. The maximum absolute atomic E-state index is 12.8. The smallest absolute Gasteiger partial charge is 0.255 e. The molecule has 0 radical (unpaired) electrons. The molecule has 5 rings (SSSR count). The van der Waals surface area contributed by atoms with Gasteiger partial charge in [0.2, 0.25) is 0 Å². The third-order valence-electron chi connectivity index (χ3n) is 5.46. The monoisotopic (exact) mass is 421 g/mol. The van der Waals surface area contributed by atoms with Crippen molar-refractivity contribution in [3.63, 3.8) is 0 Å². The summed E-state index contributed by atoms with van der Waals surface area (Å²) < 4.78 is 0. The van der Waals surface area contributed by atoms with Gasteiger partial charge in [-0.05, 0) is 24.3 Å². The van der Waals surface area contributed by atoms with E-state index in [-0.39, 0.29) is 5.56 Å². The number of rotatable bonds is 4. The molecule has 0 saturated heterocycles. The van der Waals surface area contributed by atoms with Crippen molar-refractivity contribution in [1.29, 1.82) is 5.26 Å². The lowest BCUT2D eigenvalue weighted by Gasteiger charge is -2.27. The van der Waals surface area contributed by atoms with E-state index < -0.39 is 0 Å². The standard InChI is InChI=1S/C24H19N7O/c25-10-16-3-1-4-17(9-16)21-6-2-5-19(28-21)13-31-8-7-22-20(14-31)24(32)30-23(29-22)18-11-26-15-27-12-18/h1-6,9,11-12,15H,7-8,13-14H2,(H,29,30,32). The molecule has 0 saturated carbocycles. The van der Waals surface area contributed by atoms with Gasteiger partial charge in [0.1, 0.15) is 12.2 Å². The van der Waals surface area contributed by atoms with Crippen LogP contribution in [-0.2, 0) is 19.5 Å². The van der Waals surface area contributed by atoms with Crippen LogP contribution in [0, 0.1) is 11.3 Å². The molecule has 32 heavy (non-hydrogen) atoms. The van der Waals surface area contributed by atoms with E-state index in [0.717, 1.165) is 29.2 Å². The quantitative estimate of drug-likeness (QED) is 0.539. The lowest BCUT2D eigenvalue weighted by atomic mass is 10.1. The van der Waals surface area contributed by atoms with Gasteiger partial charge in [-0.2, -0.15) is 5.26 Å². The van der Waals surface area contributed by atoms with Crippen LogP contribution in [0.15, 0.2) is 66.0 Å². The van der Waals surface area contributed by atoms with Crippen molar-refractivity contribution < 1.29 is 0 Å². The maximum atomic E-state index is 12.8.